The molecule has 0 spiro atoms. The van der Waals surface area contributed by atoms with Gasteiger partial charge in [-0.1, -0.05) is 109 Å². The Morgan fingerprint density at radius 2 is 0.609 bits per heavy atom. The van der Waals surface area contributed by atoms with Crippen LogP contribution in [0.2, 0.25) is 0 Å². The lowest BCUT2D eigenvalue weighted by molar-refractivity contribution is 0.668. The van der Waals surface area contributed by atoms with Crippen LogP contribution >= 0.6 is 0 Å². The van der Waals surface area contributed by atoms with Gasteiger partial charge < -0.3 is 8.83 Å². The summed E-state index contributed by atoms with van der Waals surface area (Å²) in [5.74, 6) is 0. The highest BCUT2D eigenvalue weighted by atomic mass is 16.3. The maximum atomic E-state index is 9.71. The molecule has 2 aromatic heterocycles. The summed E-state index contributed by atoms with van der Waals surface area (Å²) >= 11 is 0. The molecule has 0 saturated carbocycles. The molecule has 2 heterocycles. The number of fused-ring (bicyclic) bond motifs is 10. The predicted octanol–water partition coefficient (Wildman–Crippen LogP) is 16.5. The fourth-order valence-electron chi connectivity index (χ4n) is 9.95. The van der Waals surface area contributed by atoms with E-state index in [0.29, 0.717) is 11.1 Å². The Balaban J connectivity index is 1.11. The van der Waals surface area contributed by atoms with Gasteiger partial charge in [0.05, 0.1) is 23.3 Å². The van der Waals surface area contributed by atoms with E-state index < -0.39 is 0 Å². The van der Waals surface area contributed by atoms with E-state index in [9.17, 15) is 10.5 Å². The first kappa shape index (κ1) is 35.8. The zero-order valence-corrected chi connectivity index (χ0v) is 34.2. The molecular weight excluding hydrogens is 781 g/mol. The minimum Gasteiger partial charge on any atom is -0.456 e. The number of benzene rings is 11. The topological polar surface area (TPSA) is 73.9 Å². The van der Waals surface area contributed by atoms with E-state index in [4.69, 9.17) is 8.83 Å². The fraction of sp³-hybridized carbons (Fsp3) is 0. The highest BCUT2D eigenvalue weighted by Crippen LogP contribution is 2.47. The average molecular weight is 813 g/mol. The van der Waals surface area contributed by atoms with Crippen LogP contribution in [0.3, 0.4) is 0 Å². The first-order valence-corrected chi connectivity index (χ1v) is 21.3. The van der Waals surface area contributed by atoms with Gasteiger partial charge in [0.15, 0.2) is 0 Å². The molecule has 11 aromatic carbocycles. The molecule has 13 aromatic rings. The molecular formula is C60H32N2O2. The third-order valence-electron chi connectivity index (χ3n) is 13.1. The van der Waals surface area contributed by atoms with Crippen molar-refractivity contribution < 1.29 is 8.83 Å². The van der Waals surface area contributed by atoms with Crippen LogP contribution in [0.4, 0.5) is 0 Å². The number of furan rings is 2. The third-order valence-corrected chi connectivity index (χ3v) is 13.1. The van der Waals surface area contributed by atoms with Gasteiger partial charge >= 0.3 is 0 Å². The minimum absolute atomic E-state index is 0.604. The first-order valence-electron chi connectivity index (χ1n) is 21.3. The van der Waals surface area contributed by atoms with Crippen molar-refractivity contribution in [1.82, 2.24) is 0 Å². The Bertz CT molecular complexity index is 3960. The van der Waals surface area contributed by atoms with Gasteiger partial charge in [0.2, 0.25) is 0 Å². The Morgan fingerprint density at radius 1 is 0.266 bits per heavy atom. The summed E-state index contributed by atoms with van der Waals surface area (Å²) < 4.78 is 12.5. The molecule has 0 radical (unpaired) electrons. The van der Waals surface area contributed by atoms with E-state index in [2.05, 4.69) is 158 Å². The molecule has 64 heavy (non-hydrogen) atoms. The quantitative estimate of drug-likeness (QED) is 0.166. The summed E-state index contributed by atoms with van der Waals surface area (Å²) in [4.78, 5) is 0. The van der Waals surface area contributed by atoms with Gasteiger partial charge in [-0.3, -0.25) is 0 Å². The summed E-state index contributed by atoms with van der Waals surface area (Å²) in [6.07, 6.45) is 0. The van der Waals surface area contributed by atoms with E-state index in [1.54, 1.807) is 12.1 Å². The number of nitriles is 2. The summed E-state index contributed by atoms with van der Waals surface area (Å²) in [7, 11) is 0. The Kier molecular flexibility index (Phi) is 7.70. The van der Waals surface area contributed by atoms with Gasteiger partial charge in [0.1, 0.15) is 22.3 Å². The Hall–Kier alpha value is -8.96. The molecule has 0 fully saturated rings. The molecule has 0 amide bonds. The maximum Gasteiger partial charge on any atom is 0.135 e. The number of hydrogen-bond acceptors (Lipinski definition) is 4. The number of rotatable bonds is 4. The summed E-state index contributed by atoms with van der Waals surface area (Å²) in [5.41, 5.74) is 13.2. The van der Waals surface area contributed by atoms with E-state index in [1.807, 2.05) is 36.4 Å². The van der Waals surface area contributed by atoms with Crippen molar-refractivity contribution in [3.8, 4) is 56.6 Å². The number of hydrogen-bond donors (Lipinski definition) is 0. The van der Waals surface area contributed by atoms with Crippen LogP contribution in [-0.4, -0.2) is 0 Å². The monoisotopic (exact) mass is 812 g/mol. The number of nitrogens with zero attached hydrogens (tertiary/aromatic N) is 2. The zero-order chi connectivity index (χ0) is 42.5. The molecule has 0 unspecified atom stereocenters. The molecule has 0 aliphatic heterocycles. The van der Waals surface area contributed by atoms with Crippen molar-refractivity contribution >= 4 is 87.0 Å². The maximum absolute atomic E-state index is 9.71. The van der Waals surface area contributed by atoms with Crippen LogP contribution in [0, 0.1) is 22.7 Å². The van der Waals surface area contributed by atoms with Crippen molar-refractivity contribution in [2.45, 2.75) is 0 Å². The molecule has 4 heteroatoms. The van der Waals surface area contributed by atoms with Crippen LogP contribution in [-0.2, 0) is 0 Å². The normalized spacial score (nSPS) is 11.7. The fourth-order valence-corrected chi connectivity index (χ4v) is 9.95. The molecule has 0 saturated heterocycles. The predicted molar refractivity (Wildman–Crippen MR) is 262 cm³/mol. The molecule has 13 rings (SSSR count). The van der Waals surface area contributed by atoms with Crippen LogP contribution < -0.4 is 0 Å². The third kappa shape index (κ3) is 5.54. The summed E-state index contributed by atoms with van der Waals surface area (Å²) in [6, 6.07) is 73.0. The van der Waals surface area contributed by atoms with E-state index in [0.717, 1.165) is 98.8 Å². The van der Waals surface area contributed by atoms with Gasteiger partial charge in [-0.25, -0.2) is 0 Å². The highest BCUT2D eigenvalue weighted by Gasteiger charge is 2.20. The largest absolute Gasteiger partial charge is 0.456 e. The molecule has 294 valence electrons. The summed E-state index contributed by atoms with van der Waals surface area (Å²) in [5, 5.41) is 32.6. The van der Waals surface area contributed by atoms with Gasteiger partial charge in [-0.2, -0.15) is 10.5 Å². The van der Waals surface area contributed by atoms with Crippen LogP contribution in [0.15, 0.2) is 203 Å². The van der Waals surface area contributed by atoms with E-state index >= 15 is 0 Å². The zero-order valence-electron chi connectivity index (χ0n) is 34.2. The smallest absolute Gasteiger partial charge is 0.135 e. The first-order chi connectivity index (χ1) is 31.6. The molecule has 0 bridgehead atoms. The second kappa shape index (κ2) is 13.8. The molecule has 4 nitrogen and oxygen atoms in total. The summed E-state index contributed by atoms with van der Waals surface area (Å²) in [6.45, 7) is 0. The SMILES string of the molecule is N#Cc1ccc2oc3ccc(-c4ccc5c(-c6ccc7ccccc7c6)c6cc(-c7ccc8oc9ccc(C#N)cc9c8c7)ccc6c(-c6ccc7ccccc7c6)c5c4)cc3c2c1. The Labute approximate surface area is 366 Å². The van der Waals surface area contributed by atoms with Crippen LogP contribution in [0.1, 0.15) is 11.1 Å². The average Bonchev–Trinajstić information content (AvgIpc) is 3.91. The highest BCUT2D eigenvalue weighted by molar-refractivity contribution is 6.23. The van der Waals surface area contributed by atoms with Crippen molar-refractivity contribution in [2.75, 3.05) is 0 Å². The molecule has 0 aliphatic carbocycles. The van der Waals surface area contributed by atoms with Crippen LogP contribution in [0.25, 0.3) is 131 Å². The van der Waals surface area contributed by atoms with Crippen molar-refractivity contribution in [2.24, 2.45) is 0 Å². The van der Waals surface area contributed by atoms with Gasteiger partial charge in [0.25, 0.3) is 0 Å². The van der Waals surface area contributed by atoms with E-state index in [1.165, 1.54) is 32.7 Å². The van der Waals surface area contributed by atoms with E-state index in [-0.39, 0.29) is 0 Å². The standard InChI is InChI=1S/C60H32N2O2/c61-33-35-9-21-55-49(25-35)51-29-43(17-23-57(51)63-55)41-16-20-48-53(31-41)59(45-13-11-37-5-1-3-7-39(37)27-45)47-19-15-42(32-54(47)60(48)46-14-12-38-6-2-4-8-40(38)28-46)44-18-24-58-52(30-44)50-26-36(34-62)10-22-56(50)64-58/h1-32H. The van der Waals surface area contributed by atoms with Gasteiger partial charge in [0, 0.05) is 21.5 Å². The van der Waals surface area contributed by atoms with Crippen LogP contribution in [0.5, 0.6) is 0 Å². The Morgan fingerprint density at radius 3 is 1.03 bits per heavy atom. The second-order valence-electron chi connectivity index (χ2n) is 16.7. The van der Waals surface area contributed by atoms with Crippen molar-refractivity contribution in [1.29, 1.82) is 10.5 Å². The second-order valence-corrected chi connectivity index (χ2v) is 16.7. The lowest BCUT2D eigenvalue weighted by Crippen LogP contribution is -1.93. The molecule has 0 atom stereocenters. The molecule has 0 N–H and O–H groups in total. The lowest BCUT2D eigenvalue weighted by atomic mass is 9.83. The van der Waals surface area contributed by atoms with Crippen molar-refractivity contribution in [3.05, 3.63) is 205 Å². The minimum atomic E-state index is 0.604. The van der Waals surface area contributed by atoms with Gasteiger partial charge in [-0.05, 0) is 173 Å². The van der Waals surface area contributed by atoms with Gasteiger partial charge in [-0.15, -0.1) is 0 Å². The molecule has 0 aliphatic rings. The van der Waals surface area contributed by atoms with Crippen molar-refractivity contribution in [3.63, 3.8) is 0 Å². The lowest BCUT2D eigenvalue weighted by Gasteiger charge is -2.20.